The number of carbonyl (C=O) groups excluding carboxylic acids is 1. The van der Waals surface area contributed by atoms with Crippen molar-refractivity contribution in [3.05, 3.63) is 35.4 Å². The highest BCUT2D eigenvalue weighted by Gasteiger charge is 2.13. The Kier molecular flexibility index (Phi) is 2.91. The van der Waals surface area contributed by atoms with E-state index < -0.39 is 0 Å². The first kappa shape index (κ1) is 10.7. The van der Waals surface area contributed by atoms with Crippen molar-refractivity contribution in [3.8, 4) is 0 Å². The summed E-state index contributed by atoms with van der Waals surface area (Å²) < 4.78 is 0. The number of nitrogens with two attached hydrogens (primary N) is 2. The van der Waals surface area contributed by atoms with Gasteiger partial charge in [-0.15, -0.1) is 0 Å². The molecule has 0 spiro atoms. The number of rotatable bonds is 3. The monoisotopic (exact) mass is 192 g/mol. The van der Waals surface area contributed by atoms with Crippen LogP contribution in [0.2, 0.25) is 0 Å². The van der Waals surface area contributed by atoms with Crippen LogP contribution in [-0.2, 0) is 16.8 Å². The highest BCUT2D eigenvalue weighted by Crippen LogP contribution is 2.17. The summed E-state index contributed by atoms with van der Waals surface area (Å²) in [5, 5.41) is 0. The molecule has 0 radical (unpaired) electrons. The Labute approximate surface area is 84.1 Å². The highest BCUT2D eigenvalue weighted by molar-refractivity contribution is 5.76. The fourth-order valence-electron chi connectivity index (χ4n) is 1.25. The van der Waals surface area contributed by atoms with Crippen molar-refractivity contribution < 1.29 is 4.79 Å². The van der Waals surface area contributed by atoms with Gasteiger partial charge in [0, 0.05) is 5.54 Å². The number of amides is 1. The number of primary amides is 1. The second-order valence-electron chi connectivity index (χ2n) is 4.06. The predicted octanol–water partition coefficient (Wildman–Crippen LogP) is 0.908. The van der Waals surface area contributed by atoms with Gasteiger partial charge in [0.1, 0.15) is 0 Å². The molecule has 0 heterocycles. The minimum Gasteiger partial charge on any atom is -0.369 e. The van der Waals surface area contributed by atoms with Gasteiger partial charge in [0.25, 0.3) is 0 Å². The molecule has 3 heteroatoms. The van der Waals surface area contributed by atoms with E-state index in [-0.39, 0.29) is 17.9 Å². The molecule has 3 nitrogen and oxygen atoms in total. The molecule has 1 amide bonds. The standard InChI is InChI=1S/C11H16N2O/c1-11(2,13)9-5-3-8(4-6-9)7-10(12)14/h3-6H,7,13H2,1-2H3,(H2,12,14). The first-order valence-electron chi connectivity index (χ1n) is 4.56. The topological polar surface area (TPSA) is 69.1 Å². The molecule has 0 fully saturated rings. The third kappa shape index (κ3) is 2.85. The Bertz CT molecular complexity index is 322. The van der Waals surface area contributed by atoms with E-state index in [2.05, 4.69) is 0 Å². The third-order valence-corrected chi connectivity index (χ3v) is 2.08. The molecule has 0 atom stereocenters. The molecule has 4 N–H and O–H groups in total. The molecule has 0 unspecified atom stereocenters. The first-order chi connectivity index (χ1) is 6.39. The van der Waals surface area contributed by atoms with Gasteiger partial charge in [0.05, 0.1) is 6.42 Å². The maximum absolute atomic E-state index is 10.6. The van der Waals surface area contributed by atoms with Gasteiger partial charge in [-0.25, -0.2) is 0 Å². The maximum Gasteiger partial charge on any atom is 0.221 e. The lowest BCUT2D eigenvalue weighted by atomic mass is 9.94. The Balaban J connectivity index is 2.84. The molecular weight excluding hydrogens is 176 g/mol. The van der Waals surface area contributed by atoms with E-state index in [1.807, 2.05) is 38.1 Å². The van der Waals surface area contributed by atoms with Crippen LogP contribution in [0.4, 0.5) is 0 Å². The normalized spacial score (nSPS) is 11.4. The van der Waals surface area contributed by atoms with Crippen molar-refractivity contribution in [2.24, 2.45) is 11.5 Å². The van der Waals surface area contributed by atoms with E-state index in [1.54, 1.807) is 0 Å². The fourth-order valence-corrected chi connectivity index (χ4v) is 1.25. The van der Waals surface area contributed by atoms with Crippen LogP contribution in [0.1, 0.15) is 25.0 Å². The molecule has 0 aliphatic heterocycles. The van der Waals surface area contributed by atoms with Crippen molar-refractivity contribution >= 4 is 5.91 Å². The largest absolute Gasteiger partial charge is 0.369 e. The van der Waals surface area contributed by atoms with Gasteiger partial charge < -0.3 is 11.5 Å². The summed E-state index contributed by atoms with van der Waals surface area (Å²) in [7, 11) is 0. The summed E-state index contributed by atoms with van der Waals surface area (Å²) >= 11 is 0. The van der Waals surface area contributed by atoms with E-state index in [0.717, 1.165) is 11.1 Å². The summed E-state index contributed by atoms with van der Waals surface area (Å²) in [6.45, 7) is 3.88. The van der Waals surface area contributed by atoms with Crippen molar-refractivity contribution in [2.75, 3.05) is 0 Å². The average molecular weight is 192 g/mol. The second-order valence-corrected chi connectivity index (χ2v) is 4.06. The zero-order chi connectivity index (χ0) is 10.8. The fraction of sp³-hybridized carbons (Fsp3) is 0.364. The minimum absolute atomic E-state index is 0.283. The third-order valence-electron chi connectivity index (χ3n) is 2.08. The lowest BCUT2D eigenvalue weighted by Gasteiger charge is -2.19. The van der Waals surface area contributed by atoms with Crippen molar-refractivity contribution in [3.63, 3.8) is 0 Å². The quantitative estimate of drug-likeness (QED) is 0.747. The van der Waals surface area contributed by atoms with Crippen molar-refractivity contribution in [1.82, 2.24) is 0 Å². The number of hydrogen-bond donors (Lipinski definition) is 2. The maximum atomic E-state index is 10.6. The summed E-state index contributed by atoms with van der Waals surface area (Å²) in [4.78, 5) is 10.6. The first-order valence-corrected chi connectivity index (χ1v) is 4.56. The van der Waals surface area contributed by atoms with Crippen molar-refractivity contribution in [2.45, 2.75) is 25.8 Å². The number of carbonyl (C=O) groups is 1. The van der Waals surface area contributed by atoms with Crippen LogP contribution in [0, 0.1) is 0 Å². The van der Waals surface area contributed by atoms with E-state index >= 15 is 0 Å². The van der Waals surface area contributed by atoms with Gasteiger partial charge >= 0.3 is 0 Å². The van der Waals surface area contributed by atoms with Gasteiger partial charge in [0.15, 0.2) is 0 Å². The molecule has 1 aromatic carbocycles. The van der Waals surface area contributed by atoms with Crippen LogP contribution in [0.5, 0.6) is 0 Å². The zero-order valence-electron chi connectivity index (χ0n) is 8.58. The summed E-state index contributed by atoms with van der Waals surface area (Å²) in [6.07, 6.45) is 0.283. The highest BCUT2D eigenvalue weighted by atomic mass is 16.1. The Morgan fingerprint density at radius 1 is 1.29 bits per heavy atom. The lowest BCUT2D eigenvalue weighted by Crippen LogP contribution is -2.28. The molecule has 0 aliphatic rings. The number of hydrogen-bond acceptors (Lipinski definition) is 2. The lowest BCUT2D eigenvalue weighted by molar-refractivity contribution is -0.117. The molecular formula is C11H16N2O. The smallest absolute Gasteiger partial charge is 0.221 e. The van der Waals surface area contributed by atoms with Gasteiger partial charge in [-0.2, -0.15) is 0 Å². The van der Waals surface area contributed by atoms with Gasteiger partial charge in [0.2, 0.25) is 5.91 Å². The van der Waals surface area contributed by atoms with E-state index in [4.69, 9.17) is 11.5 Å². The van der Waals surface area contributed by atoms with Crippen LogP contribution >= 0.6 is 0 Å². The molecule has 1 rings (SSSR count). The summed E-state index contributed by atoms with van der Waals surface area (Å²) in [6, 6.07) is 7.62. The minimum atomic E-state index is -0.342. The summed E-state index contributed by atoms with van der Waals surface area (Å²) in [5.41, 5.74) is 12.6. The number of benzene rings is 1. The van der Waals surface area contributed by atoms with Crippen LogP contribution in [0.25, 0.3) is 0 Å². The van der Waals surface area contributed by atoms with Crippen LogP contribution in [-0.4, -0.2) is 5.91 Å². The van der Waals surface area contributed by atoms with E-state index in [9.17, 15) is 4.79 Å². The van der Waals surface area contributed by atoms with Gasteiger partial charge in [-0.1, -0.05) is 24.3 Å². The molecule has 0 saturated heterocycles. The van der Waals surface area contributed by atoms with Crippen LogP contribution in [0.3, 0.4) is 0 Å². The van der Waals surface area contributed by atoms with Gasteiger partial charge in [-0.3, -0.25) is 4.79 Å². The predicted molar refractivity (Wildman–Crippen MR) is 56.6 cm³/mol. The Hall–Kier alpha value is -1.35. The Morgan fingerprint density at radius 3 is 2.14 bits per heavy atom. The SMILES string of the molecule is CC(C)(N)c1ccc(CC(N)=O)cc1. The Morgan fingerprint density at radius 2 is 1.79 bits per heavy atom. The zero-order valence-corrected chi connectivity index (χ0v) is 8.58. The summed E-state index contributed by atoms with van der Waals surface area (Å²) in [5.74, 6) is -0.315. The molecule has 1 aromatic rings. The molecule has 76 valence electrons. The second kappa shape index (κ2) is 3.80. The van der Waals surface area contributed by atoms with Crippen LogP contribution in [0.15, 0.2) is 24.3 Å². The van der Waals surface area contributed by atoms with Crippen molar-refractivity contribution in [1.29, 1.82) is 0 Å². The van der Waals surface area contributed by atoms with E-state index in [0.29, 0.717) is 0 Å². The molecule has 0 aromatic heterocycles. The van der Waals surface area contributed by atoms with E-state index in [1.165, 1.54) is 0 Å². The molecule has 0 saturated carbocycles. The molecule has 0 aliphatic carbocycles. The van der Waals surface area contributed by atoms with Crippen LogP contribution < -0.4 is 11.5 Å². The van der Waals surface area contributed by atoms with Gasteiger partial charge in [-0.05, 0) is 25.0 Å². The molecule has 14 heavy (non-hydrogen) atoms. The molecule has 0 bridgehead atoms. The average Bonchev–Trinajstić information content (AvgIpc) is 2.02.